The highest BCUT2D eigenvalue weighted by Gasteiger charge is 2.36. The molecule has 0 saturated heterocycles. The van der Waals surface area contributed by atoms with E-state index in [1.165, 1.54) is 17.7 Å². The Labute approximate surface area is 163 Å². The molecule has 4 heteroatoms. The van der Waals surface area contributed by atoms with Gasteiger partial charge in [0.25, 0.3) is 0 Å². The number of dihydropyridines is 1. The van der Waals surface area contributed by atoms with Crippen molar-refractivity contribution in [1.82, 2.24) is 5.32 Å². The zero-order valence-electron chi connectivity index (χ0n) is 17.4. The number of unbranched alkanes of at least 4 members (excludes halogenated alkanes) is 1. The molecule has 150 valence electrons. The Kier molecular flexibility index (Phi) is 7.10. The van der Waals surface area contributed by atoms with Gasteiger partial charge in [-0.3, -0.25) is 0 Å². The van der Waals surface area contributed by atoms with Gasteiger partial charge < -0.3 is 15.5 Å². The Balaban J connectivity index is 2.77. The van der Waals surface area contributed by atoms with Gasteiger partial charge in [0.15, 0.2) is 0 Å². The molecule has 0 amide bonds. The highest BCUT2D eigenvalue weighted by atomic mass is 19.1. The summed E-state index contributed by atoms with van der Waals surface area (Å²) in [7, 11) is 0. The zero-order valence-corrected chi connectivity index (χ0v) is 17.4. The van der Waals surface area contributed by atoms with Gasteiger partial charge in [-0.15, -0.1) is 0 Å². The SMILES string of the molecule is CCCCC1=C(C(C)C)NC(C(C)C)=C([C@H](C)O)C1c1ccc(F)cc1O. The summed E-state index contributed by atoms with van der Waals surface area (Å²) in [5, 5.41) is 24.8. The van der Waals surface area contributed by atoms with E-state index in [4.69, 9.17) is 0 Å². The summed E-state index contributed by atoms with van der Waals surface area (Å²) < 4.78 is 13.6. The first-order valence-electron chi connectivity index (χ1n) is 10.1. The van der Waals surface area contributed by atoms with Crippen molar-refractivity contribution in [1.29, 1.82) is 0 Å². The minimum Gasteiger partial charge on any atom is -0.508 e. The van der Waals surface area contributed by atoms with Crippen LogP contribution in [0.5, 0.6) is 5.75 Å². The van der Waals surface area contributed by atoms with Crippen molar-refractivity contribution in [2.45, 2.75) is 72.8 Å². The fourth-order valence-electron chi connectivity index (χ4n) is 4.02. The first-order chi connectivity index (χ1) is 12.7. The first kappa shape index (κ1) is 21.5. The lowest BCUT2D eigenvalue weighted by molar-refractivity contribution is 0.219. The van der Waals surface area contributed by atoms with Crippen LogP contribution in [0.1, 0.15) is 72.3 Å². The third-order valence-corrected chi connectivity index (χ3v) is 5.29. The molecule has 2 atom stereocenters. The number of phenols is 1. The van der Waals surface area contributed by atoms with Gasteiger partial charge in [0, 0.05) is 28.9 Å². The van der Waals surface area contributed by atoms with Gasteiger partial charge in [-0.25, -0.2) is 4.39 Å². The van der Waals surface area contributed by atoms with Crippen LogP contribution in [-0.4, -0.2) is 16.3 Å². The van der Waals surface area contributed by atoms with Crippen molar-refractivity contribution in [3.8, 4) is 5.75 Å². The predicted molar refractivity (Wildman–Crippen MR) is 109 cm³/mol. The lowest BCUT2D eigenvalue weighted by Crippen LogP contribution is -2.34. The number of halogens is 1. The summed E-state index contributed by atoms with van der Waals surface area (Å²) in [6.45, 7) is 12.4. The van der Waals surface area contributed by atoms with E-state index in [9.17, 15) is 14.6 Å². The lowest BCUT2D eigenvalue weighted by atomic mass is 9.73. The number of nitrogens with one attached hydrogen (secondary N) is 1. The number of hydrogen-bond donors (Lipinski definition) is 3. The highest BCUT2D eigenvalue weighted by Crippen LogP contribution is 2.46. The summed E-state index contributed by atoms with van der Waals surface area (Å²) in [6.07, 6.45) is 2.28. The Morgan fingerprint density at radius 2 is 1.70 bits per heavy atom. The summed E-state index contributed by atoms with van der Waals surface area (Å²) in [5.74, 6) is -0.277. The maximum absolute atomic E-state index is 13.6. The second-order valence-corrected chi connectivity index (χ2v) is 8.16. The molecule has 0 bridgehead atoms. The first-order valence-corrected chi connectivity index (χ1v) is 10.1. The molecule has 0 radical (unpaired) electrons. The molecule has 0 aromatic heterocycles. The molecular weight excluding hydrogens is 341 g/mol. The van der Waals surface area contributed by atoms with Gasteiger partial charge in [0.05, 0.1) is 6.10 Å². The number of allylic oxidation sites excluding steroid dienone is 3. The van der Waals surface area contributed by atoms with Gasteiger partial charge in [-0.2, -0.15) is 0 Å². The molecule has 3 nitrogen and oxygen atoms in total. The van der Waals surface area contributed by atoms with Gasteiger partial charge in [0.2, 0.25) is 0 Å². The second-order valence-electron chi connectivity index (χ2n) is 8.16. The van der Waals surface area contributed by atoms with Crippen LogP contribution in [0.15, 0.2) is 40.7 Å². The molecule has 1 heterocycles. The van der Waals surface area contributed by atoms with Crippen molar-refractivity contribution in [3.05, 3.63) is 52.1 Å². The van der Waals surface area contributed by atoms with Crippen molar-refractivity contribution >= 4 is 0 Å². The highest BCUT2D eigenvalue weighted by molar-refractivity contribution is 5.52. The van der Waals surface area contributed by atoms with E-state index in [1.807, 2.05) is 0 Å². The predicted octanol–water partition coefficient (Wildman–Crippen LogP) is 5.61. The van der Waals surface area contributed by atoms with Crippen molar-refractivity contribution in [3.63, 3.8) is 0 Å². The molecule has 1 aromatic carbocycles. The minimum atomic E-state index is -0.672. The third kappa shape index (κ3) is 4.55. The van der Waals surface area contributed by atoms with E-state index >= 15 is 0 Å². The normalized spacial score (nSPS) is 19.1. The second kappa shape index (κ2) is 8.92. The molecule has 1 aromatic rings. The van der Waals surface area contributed by atoms with E-state index in [-0.39, 0.29) is 23.5 Å². The van der Waals surface area contributed by atoms with E-state index in [0.29, 0.717) is 5.56 Å². The van der Waals surface area contributed by atoms with Gasteiger partial charge in [-0.1, -0.05) is 47.1 Å². The average molecular weight is 376 g/mol. The molecule has 0 aliphatic carbocycles. The monoisotopic (exact) mass is 375 g/mol. The smallest absolute Gasteiger partial charge is 0.126 e. The Morgan fingerprint density at radius 3 is 2.19 bits per heavy atom. The van der Waals surface area contributed by atoms with E-state index in [1.54, 1.807) is 13.0 Å². The van der Waals surface area contributed by atoms with Crippen LogP contribution in [0, 0.1) is 17.7 Å². The molecule has 1 aliphatic heterocycles. The maximum Gasteiger partial charge on any atom is 0.126 e. The summed E-state index contributed by atoms with van der Waals surface area (Å²) >= 11 is 0. The zero-order chi connectivity index (χ0) is 20.3. The number of aliphatic hydroxyl groups is 1. The van der Waals surface area contributed by atoms with E-state index < -0.39 is 11.9 Å². The lowest BCUT2D eigenvalue weighted by Gasteiger charge is -2.39. The summed E-state index contributed by atoms with van der Waals surface area (Å²) in [4.78, 5) is 0. The van der Waals surface area contributed by atoms with Crippen LogP contribution in [0.25, 0.3) is 0 Å². The van der Waals surface area contributed by atoms with Crippen molar-refractivity contribution < 1.29 is 14.6 Å². The quantitative estimate of drug-likeness (QED) is 0.581. The minimum absolute atomic E-state index is 0.0553. The van der Waals surface area contributed by atoms with Crippen LogP contribution in [0.2, 0.25) is 0 Å². The van der Waals surface area contributed by atoms with Crippen molar-refractivity contribution in [2.75, 3.05) is 0 Å². The average Bonchev–Trinajstić information content (AvgIpc) is 2.58. The standard InChI is InChI=1S/C23H34FNO2/c1-7-8-9-18-21(17-11-10-16(24)12-19(17)27)20(15(6)26)23(14(4)5)25-22(18)13(2)3/h10-15,21,25-27H,7-9H2,1-6H3/t15-,21?/m0/s1. The number of phenolic OH excluding ortho intramolecular Hbond substituents is 1. The molecular formula is C23H34FNO2. The largest absolute Gasteiger partial charge is 0.508 e. The van der Waals surface area contributed by atoms with E-state index in [0.717, 1.165) is 36.2 Å². The fraction of sp³-hybridized carbons (Fsp3) is 0.565. The Hall–Kier alpha value is -1.81. The van der Waals surface area contributed by atoms with E-state index in [2.05, 4.69) is 39.9 Å². The molecule has 27 heavy (non-hydrogen) atoms. The number of aliphatic hydroxyl groups excluding tert-OH is 1. The maximum atomic E-state index is 13.6. The molecule has 0 spiro atoms. The molecule has 0 saturated carbocycles. The van der Waals surface area contributed by atoms with Crippen LogP contribution in [0.3, 0.4) is 0 Å². The van der Waals surface area contributed by atoms with Crippen LogP contribution in [-0.2, 0) is 0 Å². The number of rotatable bonds is 7. The van der Waals surface area contributed by atoms with Crippen LogP contribution >= 0.6 is 0 Å². The van der Waals surface area contributed by atoms with Gasteiger partial charge in [0.1, 0.15) is 11.6 Å². The van der Waals surface area contributed by atoms with Gasteiger partial charge in [-0.05, 0) is 48.8 Å². The fourth-order valence-corrected chi connectivity index (χ4v) is 4.02. The molecule has 3 N–H and O–H groups in total. The third-order valence-electron chi connectivity index (χ3n) is 5.29. The number of aromatic hydroxyl groups is 1. The number of hydrogen-bond acceptors (Lipinski definition) is 3. The van der Waals surface area contributed by atoms with Gasteiger partial charge >= 0.3 is 0 Å². The number of benzene rings is 1. The topological polar surface area (TPSA) is 52.5 Å². The summed E-state index contributed by atoms with van der Waals surface area (Å²) in [5.41, 5.74) is 4.89. The van der Waals surface area contributed by atoms with Crippen LogP contribution in [0.4, 0.5) is 4.39 Å². The molecule has 1 aliphatic rings. The van der Waals surface area contributed by atoms with Crippen molar-refractivity contribution in [2.24, 2.45) is 11.8 Å². The molecule has 2 rings (SSSR count). The Bertz CT molecular complexity index is 732. The summed E-state index contributed by atoms with van der Waals surface area (Å²) in [6, 6.07) is 4.21. The Morgan fingerprint density at radius 1 is 1.07 bits per heavy atom. The van der Waals surface area contributed by atoms with Crippen LogP contribution < -0.4 is 5.32 Å². The molecule has 1 unspecified atom stereocenters. The molecule has 0 fully saturated rings.